The molecule has 2 amide bonds. The fraction of sp³-hybridized carbons (Fsp3) is 0.188. The third kappa shape index (κ3) is 3.51. The number of benzene rings is 2. The molecule has 0 spiro atoms. The van der Waals surface area contributed by atoms with Crippen LogP contribution < -0.4 is 10.6 Å². The van der Waals surface area contributed by atoms with Crippen LogP contribution in [0.3, 0.4) is 0 Å². The second-order valence-electron chi connectivity index (χ2n) is 5.12. The number of aromatic hydroxyl groups is 1. The van der Waals surface area contributed by atoms with E-state index in [1.54, 1.807) is 18.2 Å². The summed E-state index contributed by atoms with van der Waals surface area (Å²) in [5.41, 5.74) is 1.08. The molecule has 0 fully saturated rings. The van der Waals surface area contributed by atoms with Crippen molar-refractivity contribution in [3.05, 3.63) is 60.2 Å². The lowest BCUT2D eigenvalue weighted by Crippen LogP contribution is -2.43. The van der Waals surface area contributed by atoms with Gasteiger partial charge in [0.05, 0.1) is 5.54 Å². The molecule has 0 atom stereocenters. The third-order valence-electron chi connectivity index (χ3n) is 3.03. The highest BCUT2D eigenvalue weighted by Gasteiger charge is 2.22. The molecule has 2 aromatic carbocycles. The first-order chi connectivity index (χ1) is 9.47. The molecule has 0 aliphatic heterocycles. The molecule has 0 aromatic heterocycles. The van der Waals surface area contributed by atoms with Crippen molar-refractivity contribution in [1.29, 1.82) is 0 Å². The van der Waals surface area contributed by atoms with Gasteiger partial charge in [-0.25, -0.2) is 4.79 Å². The second-order valence-corrected chi connectivity index (χ2v) is 5.12. The Bertz CT molecular complexity index is 594. The number of carbonyl (C=O) groups excluding carboxylic acids is 1. The lowest BCUT2D eigenvalue weighted by atomic mass is 9.95. The number of rotatable bonds is 3. The fourth-order valence-corrected chi connectivity index (χ4v) is 1.96. The first-order valence-corrected chi connectivity index (χ1v) is 6.41. The van der Waals surface area contributed by atoms with Crippen LogP contribution in [0.5, 0.6) is 5.75 Å². The molecular weight excluding hydrogens is 252 g/mol. The van der Waals surface area contributed by atoms with Gasteiger partial charge in [0.1, 0.15) is 5.75 Å². The van der Waals surface area contributed by atoms with Gasteiger partial charge >= 0.3 is 6.03 Å². The minimum Gasteiger partial charge on any atom is -0.508 e. The average Bonchev–Trinajstić information content (AvgIpc) is 2.39. The Balaban J connectivity index is 2.04. The van der Waals surface area contributed by atoms with Crippen LogP contribution in [0.15, 0.2) is 54.6 Å². The molecule has 2 rings (SSSR count). The molecule has 104 valence electrons. The summed E-state index contributed by atoms with van der Waals surface area (Å²) in [4.78, 5) is 12.0. The van der Waals surface area contributed by atoms with Gasteiger partial charge in [-0.2, -0.15) is 0 Å². The zero-order valence-electron chi connectivity index (χ0n) is 11.6. The maximum absolute atomic E-state index is 12.0. The maximum atomic E-state index is 12.0. The largest absolute Gasteiger partial charge is 0.508 e. The van der Waals surface area contributed by atoms with Crippen molar-refractivity contribution < 1.29 is 9.90 Å². The van der Waals surface area contributed by atoms with Crippen LogP contribution in [-0.2, 0) is 5.54 Å². The molecule has 0 radical (unpaired) electrons. The van der Waals surface area contributed by atoms with E-state index in [2.05, 4.69) is 10.6 Å². The van der Waals surface area contributed by atoms with Gasteiger partial charge in [0.2, 0.25) is 0 Å². The molecule has 20 heavy (non-hydrogen) atoms. The summed E-state index contributed by atoms with van der Waals surface area (Å²) >= 11 is 0. The number of hydrogen-bond donors (Lipinski definition) is 3. The Morgan fingerprint density at radius 2 is 1.75 bits per heavy atom. The van der Waals surface area contributed by atoms with Gasteiger partial charge in [0.15, 0.2) is 0 Å². The summed E-state index contributed by atoms with van der Waals surface area (Å²) in [5.74, 6) is 0.116. The van der Waals surface area contributed by atoms with Gasteiger partial charge in [0.25, 0.3) is 0 Å². The van der Waals surface area contributed by atoms with Crippen LogP contribution in [0.2, 0.25) is 0 Å². The van der Waals surface area contributed by atoms with E-state index in [0.717, 1.165) is 5.56 Å². The predicted molar refractivity (Wildman–Crippen MR) is 79.7 cm³/mol. The Morgan fingerprint density at radius 1 is 1.05 bits per heavy atom. The van der Waals surface area contributed by atoms with E-state index in [-0.39, 0.29) is 11.8 Å². The van der Waals surface area contributed by atoms with Gasteiger partial charge in [-0.05, 0) is 31.5 Å². The van der Waals surface area contributed by atoms with Gasteiger partial charge in [0, 0.05) is 11.8 Å². The van der Waals surface area contributed by atoms with Crippen LogP contribution in [0.25, 0.3) is 0 Å². The topological polar surface area (TPSA) is 61.4 Å². The van der Waals surface area contributed by atoms with E-state index in [1.807, 2.05) is 44.2 Å². The molecular formula is C16H18N2O2. The molecule has 0 unspecified atom stereocenters. The molecule has 4 nitrogen and oxygen atoms in total. The molecule has 2 aromatic rings. The van der Waals surface area contributed by atoms with Gasteiger partial charge in [-0.15, -0.1) is 0 Å². The minimum absolute atomic E-state index is 0.116. The molecule has 0 saturated heterocycles. The number of carbonyl (C=O) groups is 1. The third-order valence-corrected chi connectivity index (χ3v) is 3.03. The van der Waals surface area contributed by atoms with Crippen LogP contribution in [-0.4, -0.2) is 11.1 Å². The van der Waals surface area contributed by atoms with E-state index in [9.17, 15) is 9.90 Å². The fourth-order valence-electron chi connectivity index (χ4n) is 1.96. The smallest absolute Gasteiger partial charge is 0.319 e. The van der Waals surface area contributed by atoms with Crippen molar-refractivity contribution in [2.75, 3.05) is 5.32 Å². The highest BCUT2D eigenvalue weighted by Crippen LogP contribution is 2.20. The van der Waals surface area contributed by atoms with Crippen LogP contribution in [0.1, 0.15) is 19.4 Å². The second kappa shape index (κ2) is 5.65. The Kier molecular flexibility index (Phi) is 3.94. The van der Waals surface area contributed by atoms with E-state index in [0.29, 0.717) is 5.69 Å². The van der Waals surface area contributed by atoms with Crippen molar-refractivity contribution in [3.63, 3.8) is 0 Å². The zero-order valence-corrected chi connectivity index (χ0v) is 11.6. The van der Waals surface area contributed by atoms with E-state index < -0.39 is 5.54 Å². The molecule has 0 bridgehead atoms. The van der Waals surface area contributed by atoms with Crippen molar-refractivity contribution >= 4 is 11.7 Å². The molecule has 0 aliphatic carbocycles. The molecule has 3 N–H and O–H groups in total. The number of phenols is 1. The van der Waals surface area contributed by atoms with Crippen molar-refractivity contribution in [1.82, 2.24) is 5.32 Å². The number of amides is 2. The van der Waals surface area contributed by atoms with Gasteiger partial charge in [-0.3, -0.25) is 0 Å². The first-order valence-electron chi connectivity index (χ1n) is 6.41. The SMILES string of the molecule is CC(C)(NC(=O)Nc1cccc(O)c1)c1ccccc1. The molecule has 4 heteroatoms. The monoisotopic (exact) mass is 270 g/mol. The normalized spacial score (nSPS) is 10.9. The van der Waals surface area contributed by atoms with Gasteiger partial charge < -0.3 is 15.7 Å². The lowest BCUT2D eigenvalue weighted by molar-refractivity contribution is 0.242. The number of hydrogen-bond acceptors (Lipinski definition) is 2. The Hall–Kier alpha value is -2.49. The quantitative estimate of drug-likeness (QED) is 0.800. The van der Waals surface area contributed by atoms with E-state index in [4.69, 9.17) is 0 Å². The predicted octanol–water partition coefficient (Wildman–Crippen LogP) is 3.45. The van der Waals surface area contributed by atoms with Crippen LogP contribution in [0, 0.1) is 0 Å². The highest BCUT2D eigenvalue weighted by molar-refractivity contribution is 5.90. The summed E-state index contributed by atoms with van der Waals surface area (Å²) in [5, 5.41) is 15.0. The zero-order chi connectivity index (χ0) is 14.6. The van der Waals surface area contributed by atoms with E-state index in [1.165, 1.54) is 6.07 Å². The van der Waals surface area contributed by atoms with Crippen molar-refractivity contribution in [2.24, 2.45) is 0 Å². The van der Waals surface area contributed by atoms with Gasteiger partial charge in [-0.1, -0.05) is 36.4 Å². The van der Waals surface area contributed by atoms with Crippen molar-refractivity contribution in [3.8, 4) is 5.75 Å². The average molecular weight is 270 g/mol. The number of phenolic OH excluding ortho intramolecular Hbond substituents is 1. The van der Waals surface area contributed by atoms with E-state index >= 15 is 0 Å². The summed E-state index contributed by atoms with van der Waals surface area (Å²) < 4.78 is 0. The van der Waals surface area contributed by atoms with Crippen LogP contribution >= 0.6 is 0 Å². The Morgan fingerprint density at radius 3 is 2.40 bits per heavy atom. The number of nitrogens with one attached hydrogen (secondary N) is 2. The Labute approximate surface area is 118 Å². The molecule has 0 saturated carbocycles. The minimum atomic E-state index is -0.484. The summed E-state index contributed by atoms with van der Waals surface area (Å²) in [7, 11) is 0. The molecule has 0 aliphatic rings. The summed E-state index contributed by atoms with van der Waals surface area (Å²) in [6, 6.07) is 15.9. The van der Waals surface area contributed by atoms with Crippen molar-refractivity contribution in [2.45, 2.75) is 19.4 Å². The number of anilines is 1. The summed E-state index contributed by atoms with van der Waals surface area (Å²) in [6.07, 6.45) is 0. The number of urea groups is 1. The summed E-state index contributed by atoms with van der Waals surface area (Å²) in [6.45, 7) is 3.87. The standard InChI is InChI=1S/C16H18N2O2/c1-16(2,12-7-4-3-5-8-12)18-15(20)17-13-9-6-10-14(19)11-13/h3-11,19H,1-2H3,(H2,17,18,20). The van der Waals surface area contributed by atoms with Crippen LogP contribution in [0.4, 0.5) is 10.5 Å². The lowest BCUT2D eigenvalue weighted by Gasteiger charge is -2.27. The first kappa shape index (κ1) is 13.9. The maximum Gasteiger partial charge on any atom is 0.319 e. The molecule has 0 heterocycles. The highest BCUT2D eigenvalue weighted by atomic mass is 16.3.